The van der Waals surface area contributed by atoms with E-state index in [1.54, 1.807) is 0 Å². The van der Waals surface area contributed by atoms with E-state index in [1.807, 2.05) is 0 Å². The van der Waals surface area contributed by atoms with Crippen molar-refractivity contribution in [2.24, 2.45) is 0 Å². The summed E-state index contributed by atoms with van der Waals surface area (Å²) in [6.07, 6.45) is 0. The molecule has 0 saturated carbocycles. The first-order valence-corrected chi connectivity index (χ1v) is 6.01. The minimum atomic E-state index is -0.960. The summed E-state index contributed by atoms with van der Waals surface area (Å²) in [5, 5.41) is 13.0. The number of nitro groups is 1. The maximum absolute atomic E-state index is 13.5. The molecule has 0 aliphatic rings. The fraction of sp³-hybridized carbons (Fsp3) is 0.0714. The van der Waals surface area contributed by atoms with Crippen LogP contribution >= 0.6 is 0 Å². The molecule has 0 spiro atoms. The van der Waals surface area contributed by atoms with E-state index < -0.39 is 22.5 Å². The fourth-order valence-corrected chi connectivity index (χ4v) is 1.77. The number of nitro benzene ring substituents is 1. The standard InChI is InChI=1S/C14H10F2N2O4/c1-22-13-5-3-9(18(20)21)7-10(13)14(19)17-12-4-2-8(15)6-11(12)16/h2-7H,1H3,(H,17,19). The van der Waals surface area contributed by atoms with Crippen LogP contribution in [0.25, 0.3) is 0 Å². The quantitative estimate of drug-likeness (QED) is 0.695. The third kappa shape index (κ3) is 3.17. The van der Waals surface area contributed by atoms with Crippen LogP contribution in [0, 0.1) is 21.7 Å². The Hall–Kier alpha value is -3.03. The molecule has 0 aromatic heterocycles. The van der Waals surface area contributed by atoms with Gasteiger partial charge in [-0.05, 0) is 18.2 Å². The average Bonchev–Trinajstić information content (AvgIpc) is 2.49. The number of methoxy groups -OCH3 is 1. The highest BCUT2D eigenvalue weighted by molar-refractivity contribution is 6.06. The van der Waals surface area contributed by atoms with Crippen LogP contribution in [0.4, 0.5) is 20.2 Å². The SMILES string of the molecule is COc1ccc([N+](=O)[O-])cc1C(=O)Nc1ccc(F)cc1F. The largest absolute Gasteiger partial charge is 0.496 e. The maximum Gasteiger partial charge on any atom is 0.270 e. The second-order valence-electron chi connectivity index (χ2n) is 4.22. The lowest BCUT2D eigenvalue weighted by atomic mass is 10.1. The summed E-state index contributed by atoms with van der Waals surface area (Å²) in [7, 11) is 1.29. The van der Waals surface area contributed by atoms with E-state index in [-0.39, 0.29) is 22.7 Å². The number of carbonyl (C=O) groups is 1. The van der Waals surface area contributed by atoms with Crippen LogP contribution in [-0.2, 0) is 0 Å². The molecule has 0 heterocycles. The molecule has 1 amide bonds. The van der Waals surface area contributed by atoms with Crippen molar-refractivity contribution in [2.45, 2.75) is 0 Å². The van der Waals surface area contributed by atoms with Gasteiger partial charge in [0.05, 0.1) is 23.3 Å². The summed E-state index contributed by atoms with van der Waals surface area (Å²) in [6, 6.07) is 6.08. The predicted molar refractivity (Wildman–Crippen MR) is 74.0 cm³/mol. The molecule has 114 valence electrons. The molecule has 22 heavy (non-hydrogen) atoms. The number of nitrogens with zero attached hydrogens (tertiary/aromatic N) is 1. The Morgan fingerprint density at radius 1 is 1.23 bits per heavy atom. The van der Waals surface area contributed by atoms with Gasteiger partial charge in [-0.1, -0.05) is 0 Å². The minimum absolute atomic E-state index is 0.0885. The van der Waals surface area contributed by atoms with Crippen molar-refractivity contribution >= 4 is 17.3 Å². The third-order valence-corrected chi connectivity index (χ3v) is 2.82. The van der Waals surface area contributed by atoms with Crippen molar-refractivity contribution in [1.29, 1.82) is 0 Å². The van der Waals surface area contributed by atoms with Gasteiger partial charge in [0.25, 0.3) is 11.6 Å². The lowest BCUT2D eigenvalue weighted by Crippen LogP contribution is -2.14. The molecule has 2 rings (SSSR count). The Bertz CT molecular complexity index is 750. The normalized spacial score (nSPS) is 10.1. The summed E-state index contributed by atoms with van der Waals surface area (Å²) < 4.78 is 31.3. The molecule has 0 aliphatic heterocycles. The Morgan fingerprint density at radius 2 is 1.95 bits per heavy atom. The zero-order valence-corrected chi connectivity index (χ0v) is 11.3. The Balaban J connectivity index is 2.35. The maximum atomic E-state index is 13.5. The highest BCUT2D eigenvalue weighted by atomic mass is 19.1. The fourth-order valence-electron chi connectivity index (χ4n) is 1.77. The van der Waals surface area contributed by atoms with E-state index in [0.717, 1.165) is 18.2 Å². The van der Waals surface area contributed by atoms with Gasteiger partial charge in [-0.2, -0.15) is 0 Å². The lowest BCUT2D eigenvalue weighted by Gasteiger charge is -2.10. The number of amides is 1. The van der Waals surface area contributed by atoms with Gasteiger partial charge in [-0.3, -0.25) is 14.9 Å². The molecular weight excluding hydrogens is 298 g/mol. The van der Waals surface area contributed by atoms with Gasteiger partial charge in [0, 0.05) is 18.2 Å². The monoisotopic (exact) mass is 308 g/mol. The van der Waals surface area contributed by atoms with Crippen molar-refractivity contribution in [3.05, 3.63) is 63.7 Å². The summed E-state index contributed by atoms with van der Waals surface area (Å²) in [5.74, 6) is -2.47. The highest BCUT2D eigenvalue weighted by Gasteiger charge is 2.18. The number of ether oxygens (including phenoxy) is 1. The molecule has 2 aromatic carbocycles. The number of non-ortho nitro benzene ring substituents is 1. The van der Waals surface area contributed by atoms with Crippen molar-refractivity contribution in [3.63, 3.8) is 0 Å². The molecule has 1 N–H and O–H groups in total. The van der Waals surface area contributed by atoms with Gasteiger partial charge >= 0.3 is 0 Å². The van der Waals surface area contributed by atoms with Gasteiger partial charge < -0.3 is 10.1 Å². The first-order chi connectivity index (χ1) is 10.4. The second-order valence-corrected chi connectivity index (χ2v) is 4.22. The molecule has 2 aromatic rings. The Labute approximate surface area is 123 Å². The number of benzene rings is 2. The summed E-state index contributed by atoms with van der Waals surface area (Å²) in [5.41, 5.74) is -0.703. The van der Waals surface area contributed by atoms with Crippen molar-refractivity contribution in [1.82, 2.24) is 0 Å². The number of nitrogens with one attached hydrogen (secondary N) is 1. The number of hydrogen-bond acceptors (Lipinski definition) is 4. The van der Waals surface area contributed by atoms with E-state index in [4.69, 9.17) is 4.74 Å². The molecule has 0 atom stereocenters. The molecule has 0 bridgehead atoms. The molecule has 6 nitrogen and oxygen atoms in total. The van der Waals surface area contributed by atoms with Crippen molar-refractivity contribution in [2.75, 3.05) is 12.4 Å². The topological polar surface area (TPSA) is 81.5 Å². The van der Waals surface area contributed by atoms with Crippen LogP contribution in [0.5, 0.6) is 5.75 Å². The van der Waals surface area contributed by atoms with Crippen LogP contribution in [-0.4, -0.2) is 17.9 Å². The van der Waals surface area contributed by atoms with Crippen LogP contribution < -0.4 is 10.1 Å². The van der Waals surface area contributed by atoms with Crippen molar-refractivity contribution in [3.8, 4) is 5.75 Å². The number of carbonyl (C=O) groups excluding carboxylic acids is 1. The van der Waals surface area contributed by atoms with Gasteiger partial charge in [0.1, 0.15) is 17.4 Å². The van der Waals surface area contributed by atoms with E-state index in [9.17, 15) is 23.7 Å². The van der Waals surface area contributed by atoms with E-state index in [2.05, 4.69) is 5.32 Å². The predicted octanol–water partition coefficient (Wildman–Crippen LogP) is 3.13. The van der Waals surface area contributed by atoms with Crippen LogP contribution in [0.15, 0.2) is 36.4 Å². The van der Waals surface area contributed by atoms with Crippen LogP contribution in [0.2, 0.25) is 0 Å². The summed E-state index contributed by atoms with van der Waals surface area (Å²) in [4.78, 5) is 22.2. The minimum Gasteiger partial charge on any atom is -0.496 e. The Kier molecular flexibility index (Phi) is 4.31. The number of anilines is 1. The first kappa shape index (κ1) is 15.4. The van der Waals surface area contributed by atoms with E-state index >= 15 is 0 Å². The van der Waals surface area contributed by atoms with E-state index in [1.165, 1.54) is 19.2 Å². The summed E-state index contributed by atoms with van der Waals surface area (Å²) >= 11 is 0. The zero-order valence-electron chi connectivity index (χ0n) is 11.3. The molecule has 0 radical (unpaired) electrons. The molecule has 0 aliphatic carbocycles. The lowest BCUT2D eigenvalue weighted by molar-refractivity contribution is -0.384. The molecule has 8 heteroatoms. The number of halogens is 2. The second kappa shape index (κ2) is 6.17. The first-order valence-electron chi connectivity index (χ1n) is 6.01. The van der Waals surface area contributed by atoms with Gasteiger partial charge in [0.2, 0.25) is 0 Å². The number of rotatable bonds is 4. The van der Waals surface area contributed by atoms with Gasteiger partial charge in [-0.25, -0.2) is 8.78 Å². The Morgan fingerprint density at radius 3 is 2.55 bits per heavy atom. The zero-order chi connectivity index (χ0) is 16.3. The molecular formula is C14H10F2N2O4. The van der Waals surface area contributed by atoms with Crippen molar-refractivity contribution < 1.29 is 23.2 Å². The molecule has 0 fully saturated rings. The average molecular weight is 308 g/mol. The third-order valence-electron chi connectivity index (χ3n) is 2.82. The highest BCUT2D eigenvalue weighted by Crippen LogP contribution is 2.25. The smallest absolute Gasteiger partial charge is 0.270 e. The molecule has 0 unspecified atom stereocenters. The van der Waals surface area contributed by atoms with Gasteiger partial charge in [-0.15, -0.1) is 0 Å². The number of hydrogen-bond donors (Lipinski definition) is 1. The van der Waals surface area contributed by atoms with Crippen LogP contribution in [0.3, 0.4) is 0 Å². The van der Waals surface area contributed by atoms with Crippen LogP contribution in [0.1, 0.15) is 10.4 Å². The van der Waals surface area contributed by atoms with Gasteiger partial charge in [0.15, 0.2) is 0 Å². The van der Waals surface area contributed by atoms with E-state index in [0.29, 0.717) is 6.07 Å². The summed E-state index contributed by atoms with van der Waals surface area (Å²) in [6.45, 7) is 0. The molecule has 0 saturated heterocycles.